The van der Waals surface area contributed by atoms with Gasteiger partial charge < -0.3 is 14.2 Å². The molecule has 1 saturated carbocycles. The normalized spacial score (nSPS) is 21.9. The Morgan fingerprint density at radius 2 is 1.83 bits per heavy atom. The molecular weight excluding hydrogens is 481 g/mol. The standard InChI is InChI=1S/C27H32FN3O4S/c1-18-13-21(31-36(32)11-9-34-10-12-36)16-25-27(18)24(29-17-30-25)14-19-3-4-20(28)15-26(19)35-23-7-5-22(33-2)6-8-23/h3-4,13,15-17,22-23H,5-12,14H2,1-2H3. The van der Waals surface area contributed by atoms with Crippen LogP contribution in [0.3, 0.4) is 0 Å². The maximum Gasteiger partial charge on any atom is 0.126 e. The number of aromatic nitrogens is 2. The minimum Gasteiger partial charge on any atom is -0.490 e. The molecule has 7 nitrogen and oxygen atoms in total. The molecule has 1 saturated heterocycles. The number of rotatable bonds is 6. The van der Waals surface area contributed by atoms with Gasteiger partial charge in [0.15, 0.2) is 0 Å². The van der Waals surface area contributed by atoms with Gasteiger partial charge in [0.25, 0.3) is 0 Å². The third kappa shape index (κ3) is 5.68. The molecule has 0 unspecified atom stereocenters. The molecule has 5 rings (SSSR count). The molecule has 36 heavy (non-hydrogen) atoms. The summed E-state index contributed by atoms with van der Waals surface area (Å²) in [5.74, 6) is 1.12. The molecule has 1 aliphatic heterocycles. The summed E-state index contributed by atoms with van der Waals surface area (Å²) < 4.78 is 48.9. The Morgan fingerprint density at radius 3 is 2.58 bits per heavy atom. The molecule has 1 aromatic heterocycles. The maximum absolute atomic E-state index is 14.2. The van der Waals surface area contributed by atoms with Crippen LogP contribution < -0.4 is 4.74 Å². The molecule has 2 aromatic carbocycles. The van der Waals surface area contributed by atoms with Gasteiger partial charge in [-0.05, 0) is 56.4 Å². The summed E-state index contributed by atoms with van der Waals surface area (Å²) in [6.45, 7) is 2.93. The van der Waals surface area contributed by atoms with E-state index in [9.17, 15) is 8.60 Å². The number of nitrogens with zero attached hydrogens (tertiary/aromatic N) is 3. The molecule has 2 fully saturated rings. The second-order valence-electron chi connectivity index (χ2n) is 9.54. The minimum atomic E-state index is -2.32. The van der Waals surface area contributed by atoms with Crippen LogP contribution in [0.15, 0.2) is 41.0 Å². The summed E-state index contributed by atoms with van der Waals surface area (Å²) >= 11 is 0. The van der Waals surface area contributed by atoms with Crippen molar-refractivity contribution in [3.63, 3.8) is 0 Å². The zero-order valence-corrected chi connectivity index (χ0v) is 21.6. The summed E-state index contributed by atoms with van der Waals surface area (Å²) in [6.07, 6.45) is 5.96. The molecule has 0 spiro atoms. The van der Waals surface area contributed by atoms with Crippen molar-refractivity contribution in [2.24, 2.45) is 4.36 Å². The molecule has 0 N–H and O–H groups in total. The van der Waals surface area contributed by atoms with Crippen molar-refractivity contribution in [3.8, 4) is 5.75 Å². The van der Waals surface area contributed by atoms with Crippen LogP contribution in [0.5, 0.6) is 5.75 Å². The third-order valence-corrected chi connectivity index (χ3v) is 9.15. The summed E-state index contributed by atoms with van der Waals surface area (Å²) in [6, 6.07) is 8.50. The number of ether oxygens (including phenoxy) is 3. The number of hydrogen-bond donors (Lipinski definition) is 0. The molecule has 2 heterocycles. The van der Waals surface area contributed by atoms with Crippen LogP contribution in [0.4, 0.5) is 10.1 Å². The van der Waals surface area contributed by atoms with Crippen LogP contribution in [0.1, 0.15) is 42.5 Å². The lowest BCUT2D eigenvalue weighted by molar-refractivity contribution is 0.0324. The first-order valence-corrected chi connectivity index (χ1v) is 14.3. The zero-order valence-electron chi connectivity index (χ0n) is 20.7. The smallest absolute Gasteiger partial charge is 0.126 e. The van der Waals surface area contributed by atoms with E-state index in [-0.39, 0.29) is 18.0 Å². The van der Waals surface area contributed by atoms with Gasteiger partial charge in [0.1, 0.15) is 17.9 Å². The molecule has 1 aliphatic carbocycles. The fraction of sp³-hybridized carbons (Fsp3) is 0.481. The van der Waals surface area contributed by atoms with Crippen LogP contribution >= 0.6 is 0 Å². The number of methoxy groups -OCH3 is 1. The van der Waals surface area contributed by atoms with E-state index in [1.54, 1.807) is 13.2 Å². The second kappa shape index (κ2) is 10.8. The molecule has 2 aliphatic rings. The van der Waals surface area contributed by atoms with Crippen molar-refractivity contribution < 1.29 is 22.8 Å². The van der Waals surface area contributed by atoms with Gasteiger partial charge in [-0.3, -0.25) is 0 Å². The van der Waals surface area contributed by atoms with Gasteiger partial charge in [-0.2, -0.15) is 4.36 Å². The molecule has 9 heteroatoms. The fourth-order valence-corrected chi connectivity index (χ4v) is 6.67. The molecular formula is C27H32FN3O4S. The van der Waals surface area contributed by atoms with E-state index in [1.165, 1.54) is 18.5 Å². The third-order valence-electron chi connectivity index (χ3n) is 7.00. The number of benzene rings is 2. The van der Waals surface area contributed by atoms with E-state index < -0.39 is 9.73 Å². The van der Waals surface area contributed by atoms with Gasteiger partial charge in [-0.15, -0.1) is 0 Å². The van der Waals surface area contributed by atoms with Crippen molar-refractivity contribution >= 4 is 26.3 Å². The van der Waals surface area contributed by atoms with Crippen molar-refractivity contribution in [1.82, 2.24) is 9.97 Å². The molecule has 3 aromatic rings. The predicted octanol–water partition coefficient (Wildman–Crippen LogP) is 5.13. The van der Waals surface area contributed by atoms with Gasteiger partial charge in [0.2, 0.25) is 0 Å². The monoisotopic (exact) mass is 513 g/mol. The predicted molar refractivity (Wildman–Crippen MR) is 138 cm³/mol. The van der Waals surface area contributed by atoms with Crippen molar-refractivity contribution in [1.29, 1.82) is 0 Å². The molecule has 0 radical (unpaired) electrons. The van der Waals surface area contributed by atoms with E-state index in [4.69, 9.17) is 14.2 Å². The van der Waals surface area contributed by atoms with E-state index in [1.807, 2.05) is 19.1 Å². The first kappa shape index (κ1) is 25.0. The Hall–Kier alpha value is -2.62. The van der Waals surface area contributed by atoms with Gasteiger partial charge >= 0.3 is 0 Å². The quantitative estimate of drug-likeness (QED) is 0.454. The Kier molecular flexibility index (Phi) is 7.50. The number of fused-ring (bicyclic) bond motifs is 1. The maximum atomic E-state index is 14.2. The summed E-state index contributed by atoms with van der Waals surface area (Å²) in [7, 11) is -0.577. The van der Waals surface area contributed by atoms with Crippen LogP contribution in [-0.4, -0.2) is 58.2 Å². The van der Waals surface area contributed by atoms with E-state index in [0.29, 0.717) is 42.6 Å². The fourth-order valence-electron chi connectivity index (χ4n) is 5.03. The lowest BCUT2D eigenvalue weighted by atomic mass is 9.94. The van der Waals surface area contributed by atoms with Gasteiger partial charge in [-0.25, -0.2) is 18.6 Å². The number of hydrogen-bond acceptors (Lipinski definition) is 7. The van der Waals surface area contributed by atoms with Crippen LogP contribution in [-0.2, 0) is 25.6 Å². The lowest BCUT2D eigenvalue weighted by Gasteiger charge is -2.28. The summed E-state index contributed by atoms with van der Waals surface area (Å²) in [4.78, 5) is 9.05. The zero-order chi connectivity index (χ0) is 25.1. The van der Waals surface area contributed by atoms with Gasteiger partial charge in [0, 0.05) is 30.5 Å². The number of aryl methyl sites for hydroxylation is 1. The van der Waals surface area contributed by atoms with Crippen molar-refractivity contribution in [2.75, 3.05) is 31.8 Å². The lowest BCUT2D eigenvalue weighted by Crippen LogP contribution is -2.28. The molecule has 0 bridgehead atoms. The average molecular weight is 514 g/mol. The molecule has 192 valence electrons. The Morgan fingerprint density at radius 1 is 1.08 bits per heavy atom. The van der Waals surface area contributed by atoms with Crippen LogP contribution in [0.2, 0.25) is 0 Å². The van der Waals surface area contributed by atoms with E-state index in [0.717, 1.165) is 53.4 Å². The second-order valence-corrected chi connectivity index (χ2v) is 12.1. The van der Waals surface area contributed by atoms with Crippen LogP contribution in [0, 0.1) is 12.7 Å². The Bertz CT molecular complexity index is 1350. The highest BCUT2D eigenvalue weighted by Crippen LogP contribution is 2.32. The van der Waals surface area contributed by atoms with Gasteiger partial charge in [-0.1, -0.05) is 6.07 Å². The minimum absolute atomic E-state index is 0.0390. The molecule has 0 amide bonds. The highest BCUT2D eigenvalue weighted by molar-refractivity contribution is 7.93. The summed E-state index contributed by atoms with van der Waals surface area (Å²) in [5.41, 5.74) is 4.08. The SMILES string of the molecule is COC1CCC(Oc2cc(F)ccc2Cc2ncnc3cc(N=S4(=O)CCOCC4)cc(C)c23)CC1. The Labute approximate surface area is 211 Å². The van der Waals surface area contributed by atoms with Crippen molar-refractivity contribution in [2.45, 2.75) is 51.2 Å². The molecule has 0 atom stereocenters. The van der Waals surface area contributed by atoms with E-state index >= 15 is 0 Å². The van der Waals surface area contributed by atoms with E-state index in [2.05, 4.69) is 14.3 Å². The highest BCUT2D eigenvalue weighted by atomic mass is 32.2. The summed E-state index contributed by atoms with van der Waals surface area (Å²) in [5, 5.41) is 0.925. The average Bonchev–Trinajstić information content (AvgIpc) is 2.86. The highest BCUT2D eigenvalue weighted by Gasteiger charge is 2.23. The first-order valence-electron chi connectivity index (χ1n) is 12.4. The largest absolute Gasteiger partial charge is 0.490 e. The topological polar surface area (TPSA) is 82.9 Å². The number of halogens is 1. The van der Waals surface area contributed by atoms with Gasteiger partial charge in [0.05, 0.1) is 63.6 Å². The van der Waals surface area contributed by atoms with Crippen molar-refractivity contribution in [3.05, 3.63) is 59.3 Å². The van der Waals surface area contributed by atoms with Crippen LogP contribution in [0.25, 0.3) is 10.9 Å². The Balaban J connectivity index is 1.44. The first-order chi connectivity index (χ1) is 17.4.